The van der Waals surface area contributed by atoms with Crippen LogP contribution in [-0.2, 0) is 4.79 Å². The highest BCUT2D eigenvalue weighted by Gasteiger charge is 2.31. The zero-order valence-corrected chi connectivity index (χ0v) is 16.7. The molecule has 0 spiro atoms. The number of allylic oxidation sites excluding steroid dienone is 1. The monoisotopic (exact) mass is 352 g/mol. The quantitative estimate of drug-likeness (QED) is 0.225. The summed E-state index contributed by atoms with van der Waals surface area (Å²) in [6.07, 6.45) is 7.75. The van der Waals surface area contributed by atoms with Crippen molar-refractivity contribution in [2.45, 2.75) is 79.2 Å². The number of aliphatic imine (C=N–C) groups is 1. The molecule has 1 unspecified atom stereocenters. The summed E-state index contributed by atoms with van der Waals surface area (Å²) in [5.41, 5.74) is -0.0428. The standard InChI is InChI=1S/C20H36N2O3/c1-7-20(5,6)15-17(14-19(2,3)4)22(18(24)25)13-11-9-8-10-12-21-16-23/h7,17H,1,8-15H2,2-6H3,(H,24,25). The first-order valence-corrected chi connectivity index (χ1v) is 9.19. The fourth-order valence-corrected chi connectivity index (χ4v) is 3.00. The Kier molecular flexibility index (Phi) is 10.4. The smallest absolute Gasteiger partial charge is 0.407 e. The first kappa shape index (κ1) is 23.4. The van der Waals surface area contributed by atoms with E-state index in [4.69, 9.17) is 0 Å². The van der Waals surface area contributed by atoms with Gasteiger partial charge in [-0.15, -0.1) is 6.58 Å². The van der Waals surface area contributed by atoms with Gasteiger partial charge in [0.15, 0.2) is 0 Å². The number of hydrogen-bond donors (Lipinski definition) is 1. The second-order valence-corrected chi connectivity index (χ2v) is 8.68. The van der Waals surface area contributed by atoms with Crippen LogP contribution in [-0.4, -0.2) is 41.3 Å². The molecule has 0 radical (unpaired) electrons. The number of unbranched alkanes of at least 4 members (excludes halogenated alkanes) is 3. The Morgan fingerprint density at radius 3 is 2.24 bits per heavy atom. The van der Waals surface area contributed by atoms with Gasteiger partial charge in [0.2, 0.25) is 6.08 Å². The third-order valence-corrected chi connectivity index (χ3v) is 4.33. The summed E-state index contributed by atoms with van der Waals surface area (Å²) in [7, 11) is 0. The average Bonchev–Trinajstić information content (AvgIpc) is 2.47. The molecule has 0 aromatic rings. The number of carbonyl (C=O) groups excluding carboxylic acids is 1. The maximum atomic E-state index is 11.8. The molecule has 0 aromatic heterocycles. The van der Waals surface area contributed by atoms with Crippen LogP contribution in [0.5, 0.6) is 0 Å². The van der Waals surface area contributed by atoms with E-state index < -0.39 is 6.09 Å². The summed E-state index contributed by atoms with van der Waals surface area (Å²) in [5, 5.41) is 9.72. The van der Waals surface area contributed by atoms with Crippen molar-refractivity contribution in [3.8, 4) is 0 Å². The van der Waals surface area contributed by atoms with E-state index >= 15 is 0 Å². The normalized spacial score (nSPS) is 13.0. The van der Waals surface area contributed by atoms with Gasteiger partial charge in [-0.3, -0.25) is 0 Å². The SMILES string of the molecule is C=CC(C)(C)CC(CC(C)(C)C)N(CCCCCCN=C=O)C(=O)O. The number of nitrogens with zero attached hydrogens (tertiary/aromatic N) is 2. The zero-order valence-electron chi connectivity index (χ0n) is 16.7. The largest absolute Gasteiger partial charge is 0.465 e. The summed E-state index contributed by atoms with van der Waals surface area (Å²) >= 11 is 0. The minimum Gasteiger partial charge on any atom is -0.465 e. The molecule has 0 saturated heterocycles. The van der Waals surface area contributed by atoms with Gasteiger partial charge in [-0.2, -0.15) is 0 Å². The summed E-state index contributed by atoms with van der Waals surface area (Å²) in [6, 6.07) is -0.0230. The van der Waals surface area contributed by atoms with E-state index in [9.17, 15) is 14.7 Å². The molecular weight excluding hydrogens is 316 g/mol. The van der Waals surface area contributed by atoms with Crippen molar-refractivity contribution in [2.24, 2.45) is 15.8 Å². The lowest BCUT2D eigenvalue weighted by molar-refractivity contribution is 0.0929. The molecule has 0 aliphatic heterocycles. The van der Waals surface area contributed by atoms with E-state index in [0.29, 0.717) is 13.1 Å². The Hall–Kier alpha value is -1.61. The van der Waals surface area contributed by atoms with Gasteiger partial charge in [0, 0.05) is 12.6 Å². The maximum absolute atomic E-state index is 11.8. The average molecular weight is 353 g/mol. The minimum atomic E-state index is -0.848. The predicted octanol–water partition coefficient (Wildman–Crippen LogP) is 5.27. The van der Waals surface area contributed by atoms with Crippen LogP contribution in [0.4, 0.5) is 4.79 Å². The molecule has 144 valence electrons. The number of isocyanates is 1. The molecule has 1 atom stereocenters. The number of carbonyl (C=O) groups is 1. The zero-order chi connectivity index (χ0) is 19.5. The molecule has 5 nitrogen and oxygen atoms in total. The van der Waals surface area contributed by atoms with Crippen LogP contribution in [0, 0.1) is 10.8 Å². The third kappa shape index (κ3) is 11.5. The van der Waals surface area contributed by atoms with Gasteiger partial charge >= 0.3 is 6.09 Å². The van der Waals surface area contributed by atoms with Gasteiger partial charge < -0.3 is 10.0 Å². The van der Waals surface area contributed by atoms with Crippen LogP contribution in [0.2, 0.25) is 0 Å². The summed E-state index contributed by atoms with van der Waals surface area (Å²) in [5.74, 6) is 0. The molecule has 0 aliphatic rings. The lowest BCUT2D eigenvalue weighted by Crippen LogP contribution is -2.44. The third-order valence-electron chi connectivity index (χ3n) is 4.33. The van der Waals surface area contributed by atoms with Gasteiger partial charge in [-0.25, -0.2) is 14.6 Å². The molecule has 25 heavy (non-hydrogen) atoms. The van der Waals surface area contributed by atoms with Gasteiger partial charge in [-0.1, -0.05) is 53.5 Å². The van der Waals surface area contributed by atoms with Gasteiger partial charge in [0.05, 0.1) is 6.54 Å². The van der Waals surface area contributed by atoms with Crippen molar-refractivity contribution < 1.29 is 14.7 Å². The molecule has 0 saturated carbocycles. The molecule has 0 heterocycles. The Balaban J connectivity index is 4.82. The van der Waals surface area contributed by atoms with Crippen LogP contribution in [0.15, 0.2) is 17.6 Å². The van der Waals surface area contributed by atoms with Crippen molar-refractivity contribution in [1.82, 2.24) is 4.90 Å². The van der Waals surface area contributed by atoms with E-state index in [2.05, 4.69) is 46.2 Å². The van der Waals surface area contributed by atoms with E-state index in [1.807, 2.05) is 6.08 Å². The Bertz CT molecular complexity index is 460. The van der Waals surface area contributed by atoms with Crippen LogP contribution in [0.3, 0.4) is 0 Å². The molecule has 1 N–H and O–H groups in total. The maximum Gasteiger partial charge on any atom is 0.407 e. The molecule has 0 aromatic carbocycles. The van der Waals surface area contributed by atoms with Crippen LogP contribution >= 0.6 is 0 Å². The molecular formula is C20H36N2O3. The fraction of sp³-hybridized carbons (Fsp3) is 0.800. The number of carboxylic acid groups (broad SMARTS) is 1. The van der Waals surface area contributed by atoms with Crippen LogP contribution in [0.1, 0.15) is 73.1 Å². The summed E-state index contributed by atoms with van der Waals surface area (Å²) in [6.45, 7) is 15.6. The molecule has 0 fully saturated rings. The second-order valence-electron chi connectivity index (χ2n) is 8.68. The summed E-state index contributed by atoms with van der Waals surface area (Å²) < 4.78 is 0. The Morgan fingerprint density at radius 1 is 1.16 bits per heavy atom. The van der Waals surface area contributed by atoms with E-state index in [1.54, 1.807) is 4.90 Å². The lowest BCUT2D eigenvalue weighted by atomic mass is 9.79. The number of amides is 1. The van der Waals surface area contributed by atoms with E-state index in [1.165, 1.54) is 6.08 Å². The molecule has 0 aliphatic carbocycles. The molecule has 0 rings (SSSR count). The van der Waals surface area contributed by atoms with Crippen LogP contribution in [0.25, 0.3) is 0 Å². The molecule has 1 amide bonds. The minimum absolute atomic E-state index is 0.0230. The Labute approximate surface area is 153 Å². The van der Waals surface area contributed by atoms with Crippen molar-refractivity contribution in [2.75, 3.05) is 13.1 Å². The van der Waals surface area contributed by atoms with Crippen molar-refractivity contribution in [3.05, 3.63) is 12.7 Å². The molecule has 0 bridgehead atoms. The lowest BCUT2D eigenvalue weighted by Gasteiger charge is -2.38. The van der Waals surface area contributed by atoms with E-state index in [0.717, 1.165) is 38.5 Å². The summed E-state index contributed by atoms with van der Waals surface area (Å²) in [4.78, 5) is 27.0. The van der Waals surface area contributed by atoms with E-state index in [-0.39, 0.29) is 16.9 Å². The van der Waals surface area contributed by atoms with Crippen LogP contribution < -0.4 is 0 Å². The number of rotatable bonds is 12. The van der Waals surface area contributed by atoms with Gasteiger partial charge in [0.1, 0.15) is 0 Å². The highest BCUT2D eigenvalue weighted by Crippen LogP contribution is 2.33. The predicted molar refractivity (Wildman–Crippen MR) is 103 cm³/mol. The van der Waals surface area contributed by atoms with Crippen molar-refractivity contribution in [1.29, 1.82) is 0 Å². The van der Waals surface area contributed by atoms with Gasteiger partial charge in [-0.05, 0) is 36.5 Å². The fourth-order valence-electron chi connectivity index (χ4n) is 3.00. The van der Waals surface area contributed by atoms with Crippen molar-refractivity contribution in [3.63, 3.8) is 0 Å². The highest BCUT2D eigenvalue weighted by molar-refractivity contribution is 5.65. The second kappa shape index (κ2) is 11.1. The number of hydrogen-bond acceptors (Lipinski definition) is 3. The first-order valence-electron chi connectivity index (χ1n) is 9.19. The Morgan fingerprint density at radius 2 is 1.76 bits per heavy atom. The van der Waals surface area contributed by atoms with Crippen molar-refractivity contribution >= 4 is 12.2 Å². The topological polar surface area (TPSA) is 70.0 Å². The van der Waals surface area contributed by atoms with Gasteiger partial charge in [0.25, 0.3) is 0 Å². The highest BCUT2D eigenvalue weighted by atomic mass is 16.4. The first-order chi connectivity index (χ1) is 11.5. The molecule has 5 heteroatoms.